The molecule has 0 spiro atoms. The van der Waals surface area contributed by atoms with Crippen LogP contribution in [0, 0.1) is 41.0 Å². The molecule has 1 nitrogen and oxygen atoms in total. The van der Waals surface area contributed by atoms with Crippen molar-refractivity contribution in [1.29, 1.82) is 0 Å². The first-order chi connectivity index (χ1) is 23.9. The lowest BCUT2D eigenvalue weighted by molar-refractivity contribution is 0.190. The van der Waals surface area contributed by atoms with E-state index in [0.29, 0.717) is 29.2 Å². The van der Waals surface area contributed by atoms with Gasteiger partial charge in [-0.05, 0) is 105 Å². The fourth-order valence-corrected chi connectivity index (χ4v) is 7.93. The molecule has 264 valence electrons. The van der Waals surface area contributed by atoms with Crippen LogP contribution in [0.5, 0.6) is 5.75 Å². The second kappa shape index (κ2) is 18.6. The van der Waals surface area contributed by atoms with Crippen LogP contribution in [-0.4, -0.2) is 6.61 Å². The topological polar surface area (TPSA) is 9.23 Å². The number of allylic oxidation sites excluding steroid dienone is 4. The van der Waals surface area contributed by atoms with Crippen LogP contribution < -0.4 is 4.74 Å². The van der Waals surface area contributed by atoms with Gasteiger partial charge in [0.2, 0.25) is 5.82 Å². The molecule has 0 aromatic heterocycles. The predicted octanol–water partition coefficient (Wildman–Crippen LogP) is 14.1. The molecule has 3 aromatic rings. The standard InChI is InChI=1S/C44H54F4O/c1-3-5-7-8-9-10-12-30-49-40-29-28-39(43(47)44(40)48)36-24-22-35(23-25-36)38-27-26-37(41(45)42(38)46)34-20-18-33(19-21-34)32-16-14-31(15-17-32)13-11-6-4-2/h4,6,20,22-29,31-33H,3,5,7-19,21,30H2,1-2H3/b6-4+. The molecule has 1 unspecified atom stereocenters. The van der Waals surface area contributed by atoms with E-state index in [4.69, 9.17) is 4.74 Å². The highest BCUT2D eigenvalue weighted by Gasteiger charge is 2.29. The van der Waals surface area contributed by atoms with Gasteiger partial charge in [-0.1, -0.05) is 113 Å². The van der Waals surface area contributed by atoms with E-state index in [0.717, 1.165) is 55.9 Å². The van der Waals surface area contributed by atoms with Crippen LogP contribution in [-0.2, 0) is 0 Å². The third-order valence-corrected chi connectivity index (χ3v) is 11.0. The van der Waals surface area contributed by atoms with Crippen molar-refractivity contribution in [1.82, 2.24) is 0 Å². The summed E-state index contributed by atoms with van der Waals surface area (Å²) in [5, 5.41) is 0. The Morgan fingerprint density at radius 3 is 1.88 bits per heavy atom. The van der Waals surface area contributed by atoms with E-state index in [1.165, 1.54) is 76.3 Å². The Labute approximate surface area is 291 Å². The Bertz CT molecular complexity index is 1550. The van der Waals surface area contributed by atoms with Crippen LogP contribution in [0.15, 0.2) is 66.8 Å². The van der Waals surface area contributed by atoms with Gasteiger partial charge in [0.15, 0.2) is 23.2 Å². The highest BCUT2D eigenvalue weighted by Crippen LogP contribution is 2.43. The van der Waals surface area contributed by atoms with E-state index >= 15 is 13.2 Å². The van der Waals surface area contributed by atoms with Crippen molar-refractivity contribution in [3.05, 3.63) is 95.6 Å². The van der Waals surface area contributed by atoms with Gasteiger partial charge in [-0.2, -0.15) is 4.39 Å². The maximum atomic E-state index is 15.5. The molecule has 1 fully saturated rings. The van der Waals surface area contributed by atoms with Crippen molar-refractivity contribution in [2.45, 2.75) is 117 Å². The van der Waals surface area contributed by atoms with Gasteiger partial charge < -0.3 is 4.74 Å². The van der Waals surface area contributed by atoms with E-state index in [-0.39, 0.29) is 16.9 Å². The first-order valence-corrected chi connectivity index (χ1v) is 18.9. The zero-order valence-corrected chi connectivity index (χ0v) is 29.5. The first-order valence-electron chi connectivity index (χ1n) is 18.9. The quantitative estimate of drug-likeness (QED) is 0.0835. The maximum Gasteiger partial charge on any atom is 0.201 e. The smallest absolute Gasteiger partial charge is 0.201 e. The summed E-state index contributed by atoms with van der Waals surface area (Å²) in [6.07, 6.45) is 24.7. The molecule has 3 aromatic carbocycles. The van der Waals surface area contributed by atoms with Gasteiger partial charge in [-0.25, -0.2) is 13.2 Å². The summed E-state index contributed by atoms with van der Waals surface area (Å²) in [4.78, 5) is 0. The number of unbranched alkanes of at least 4 members (excludes halogenated alkanes) is 6. The molecule has 2 aliphatic rings. The molecule has 2 aliphatic carbocycles. The van der Waals surface area contributed by atoms with Crippen molar-refractivity contribution in [2.75, 3.05) is 6.61 Å². The second-order valence-corrected chi connectivity index (χ2v) is 14.3. The van der Waals surface area contributed by atoms with E-state index in [9.17, 15) is 4.39 Å². The van der Waals surface area contributed by atoms with Crippen molar-refractivity contribution < 1.29 is 22.3 Å². The maximum absolute atomic E-state index is 15.5. The highest BCUT2D eigenvalue weighted by atomic mass is 19.2. The van der Waals surface area contributed by atoms with E-state index < -0.39 is 23.3 Å². The van der Waals surface area contributed by atoms with Gasteiger partial charge in [0, 0.05) is 16.7 Å². The lowest BCUT2D eigenvalue weighted by atomic mass is 9.70. The highest BCUT2D eigenvalue weighted by molar-refractivity contribution is 5.74. The molecular formula is C44H54F4O. The van der Waals surface area contributed by atoms with Gasteiger partial charge in [0.05, 0.1) is 6.61 Å². The van der Waals surface area contributed by atoms with Crippen LogP contribution in [0.2, 0.25) is 0 Å². The Hall–Kier alpha value is -3.34. The van der Waals surface area contributed by atoms with Gasteiger partial charge in [-0.3, -0.25) is 0 Å². The molecule has 0 N–H and O–H groups in total. The lowest BCUT2D eigenvalue weighted by Gasteiger charge is -2.35. The van der Waals surface area contributed by atoms with Crippen LogP contribution in [0.4, 0.5) is 17.6 Å². The Morgan fingerprint density at radius 1 is 0.653 bits per heavy atom. The van der Waals surface area contributed by atoms with E-state index in [1.54, 1.807) is 36.4 Å². The molecule has 1 saturated carbocycles. The number of benzene rings is 3. The molecule has 49 heavy (non-hydrogen) atoms. The summed E-state index contributed by atoms with van der Waals surface area (Å²) in [5.74, 6) is -1.60. The molecule has 0 bridgehead atoms. The summed E-state index contributed by atoms with van der Waals surface area (Å²) < 4.78 is 66.5. The molecule has 0 heterocycles. The van der Waals surface area contributed by atoms with Gasteiger partial charge >= 0.3 is 0 Å². The van der Waals surface area contributed by atoms with Crippen LogP contribution >= 0.6 is 0 Å². The van der Waals surface area contributed by atoms with E-state index in [2.05, 4.69) is 32.1 Å². The van der Waals surface area contributed by atoms with Crippen LogP contribution in [0.25, 0.3) is 27.8 Å². The third-order valence-electron chi connectivity index (χ3n) is 11.0. The van der Waals surface area contributed by atoms with Crippen molar-refractivity contribution >= 4 is 5.57 Å². The van der Waals surface area contributed by atoms with Gasteiger partial charge in [-0.15, -0.1) is 0 Å². The molecule has 0 amide bonds. The molecule has 0 aliphatic heterocycles. The summed E-state index contributed by atoms with van der Waals surface area (Å²) in [5.41, 5.74) is 2.39. The number of rotatable bonds is 16. The monoisotopic (exact) mass is 674 g/mol. The molecular weight excluding hydrogens is 620 g/mol. The SMILES string of the molecule is C/C=C/CCC1CCC(C2CC=C(c3ccc(-c4ccc(-c5ccc(OCCCCCCCCC)c(F)c5F)cc4)c(F)c3F)CC2)CC1. The number of hydrogen-bond donors (Lipinski definition) is 0. The second-order valence-electron chi connectivity index (χ2n) is 14.3. The van der Waals surface area contributed by atoms with Crippen molar-refractivity contribution in [3.8, 4) is 28.0 Å². The summed E-state index contributed by atoms with van der Waals surface area (Å²) >= 11 is 0. The minimum absolute atomic E-state index is 0.0920. The summed E-state index contributed by atoms with van der Waals surface area (Å²) in [6, 6.07) is 12.7. The minimum Gasteiger partial charge on any atom is -0.490 e. The molecule has 0 radical (unpaired) electrons. The number of hydrogen-bond acceptors (Lipinski definition) is 1. The zero-order valence-electron chi connectivity index (χ0n) is 29.5. The summed E-state index contributed by atoms with van der Waals surface area (Å²) in [7, 11) is 0. The largest absolute Gasteiger partial charge is 0.490 e. The molecule has 5 heteroatoms. The molecule has 5 rings (SSSR count). The predicted molar refractivity (Wildman–Crippen MR) is 195 cm³/mol. The fraction of sp³-hybridized carbons (Fsp3) is 0.500. The Kier molecular flexibility index (Phi) is 14.0. The van der Waals surface area contributed by atoms with E-state index in [1.807, 2.05) is 0 Å². The minimum atomic E-state index is -1.01. The lowest BCUT2D eigenvalue weighted by Crippen LogP contribution is -2.23. The van der Waals surface area contributed by atoms with Crippen molar-refractivity contribution in [3.63, 3.8) is 0 Å². The van der Waals surface area contributed by atoms with Crippen LogP contribution in [0.3, 0.4) is 0 Å². The number of ether oxygens (including phenoxy) is 1. The normalized spacial score (nSPS) is 19.7. The number of halogens is 4. The average Bonchev–Trinajstić information content (AvgIpc) is 3.13. The third kappa shape index (κ3) is 9.67. The summed E-state index contributed by atoms with van der Waals surface area (Å²) in [6.45, 7) is 4.61. The Morgan fingerprint density at radius 2 is 1.24 bits per heavy atom. The van der Waals surface area contributed by atoms with Crippen molar-refractivity contribution in [2.24, 2.45) is 17.8 Å². The van der Waals surface area contributed by atoms with Gasteiger partial charge in [0.25, 0.3) is 0 Å². The Balaban J connectivity index is 1.17. The fourth-order valence-electron chi connectivity index (χ4n) is 7.93. The average molecular weight is 675 g/mol. The molecule has 0 saturated heterocycles. The zero-order chi connectivity index (χ0) is 34.6. The van der Waals surface area contributed by atoms with Crippen LogP contribution in [0.1, 0.15) is 122 Å². The molecule has 1 atom stereocenters. The van der Waals surface area contributed by atoms with Gasteiger partial charge in [0.1, 0.15) is 0 Å². The first kappa shape index (κ1) is 36.9.